The minimum absolute atomic E-state index is 0.0696. The fraction of sp³-hybridized carbons (Fsp3) is 0.185. The third-order valence-corrected chi connectivity index (χ3v) is 4.78. The van der Waals surface area contributed by atoms with Gasteiger partial charge in [-0.1, -0.05) is 54.1 Å². The lowest BCUT2D eigenvalue weighted by Gasteiger charge is -2.13. The zero-order valence-corrected chi connectivity index (χ0v) is 18.6. The number of hydrogen-bond donors (Lipinski definition) is 1. The van der Waals surface area contributed by atoms with Crippen molar-refractivity contribution in [3.05, 3.63) is 95.1 Å². The summed E-state index contributed by atoms with van der Waals surface area (Å²) in [4.78, 5) is 24.7. The van der Waals surface area contributed by atoms with Crippen molar-refractivity contribution >= 4 is 23.5 Å². The Bertz CT molecular complexity index is 1130. The molecule has 0 aliphatic carbocycles. The van der Waals surface area contributed by atoms with E-state index in [4.69, 9.17) is 9.47 Å². The number of amides is 1. The Morgan fingerprint density at radius 1 is 0.906 bits per heavy atom. The van der Waals surface area contributed by atoms with Crippen LogP contribution in [0.1, 0.15) is 34.0 Å². The molecule has 5 heteroatoms. The van der Waals surface area contributed by atoms with Gasteiger partial charge in [0.25, 0.3) is 5.91 Å². The van der Waals surface area contributed by atoms with Crippen molar-refractivity contribution in [1.82, 2.24) is 0 Å². The first kappa shape index (κ1) is 22.8. The molecule has 0 saturated carbocycles. The third-order valence-electron chi connectivity index (χ3n) is 4.78. The first-order chi connectivity index (χ1) is 15.5. The molecule has 5 nitrogen and oxygen atoms in total. The average molecular weight is 430 g/mol. The summed E-state index contributed by atoms with van der Waals surface area (Å²) in [5.74, 6) is 0.657. The molecule has 0 aliphatic heterocycles. The molecule has 1 N–H and O–H groups in total. The molecular weight excluding hydrogens is 402 g/mol. The highest BCUT2D eigenvalue weighted by atomic mass is 16.5. The smallest absolute Gasteiger partial charge is 0.262 e. The summed E-state index contributed by atoms with van der Waals surface area (Å²) in [5.41, 5.74) is 4.21. The lowest BCUT2D eigenvalue weighted by atomic mass is 10.1. The number of para-hydroxylation sites is 1. The van der Waals surface area contributed by atoms with Gasteiger partial charge in [0.1, 0.15) is 0 Å². The summed E-state index contributed by atoms with van der Waals surface area (Å²) in [7, 11) is 0. The number of aryl methyl sites for hydroxylation is 2. The van der Waals surface area contributed by atoms with Gasteiger partial charge in [-0.15, -0.1) is 0 Å². The van der Waals surface area contributed by atoms with Crippen LogP contribution in [-0.4, -0.2) is 24.9 Å². The summed E-state index contributed by atoms with van der Waals surface area (Å²) < 4.78 is 11.4. The third kappa shape index (κ3) is 6.32. The summed E-state index contributed by atoms with van der Waals surface area (Å²) in [6.45, 7) is 6.06. The van der Waals surface area contributed by atoms with E-state index in [-0.39, 0.29) is 18.3 Å². The first-order valence-electron chi connectivity index (χ1n) is 10.5. The van der Waals surface area contributed by atoms with Crippen LogP contribution in [0.2, 0.25) is 0 Å². The molecule has 0 saturated heterocycles. The van der Waals surface area contributed by atoms with E-state index >= 15 is 0 Å². The van der Waals surface area contributed by atoms with Gasteiger partial charge in [-0.3, -0.25) is 9.59 Å². The summed E-state index contributed by atoms with van der Waals surface area (Å²) in [5, 5.41) is 2.84. The largest absolute Gasteiger partial charge is 0.490 e. The molecule has 0 radical (unpaired) electrons. The van der Waals surface area contributed by atoms with Gasteiger partial charge < -0.3 is 14.8 Å². The number of carbonyl (C=O) groups is 2. The Kier molecular flexibility index (Phi) is 7.81. The number of nitrogens with one attached hydrogen (secondary N) is 1. The lowest BCUT2D eigenvalue weighted by Crippen LogP contribution is -2.20. The maximum Gasteiger partial charge on any atom is 0.262 e. The fourth-order valence-electron chi connectivity index (χ4n) is 3.13. The van der Waals surface area contributed by atoms with E-state index in [1.165, 1.54) is 6.08 Å². The second-order valence-corrected chi connectivity index (χ2v) is 7.36. The summed E-state index contributed by atoms with van der Waals surface area (Å²) in [6.07, 6.45) is 3.28. The molecule has 3 aromatic rings. The molecule has 0 aromatic heterocycles. The van der Waals surface area contributed by atoms with Crippen LogP contribution < -0.4 is 14.8 Å². The van der Waals surface area contributed by atoms with Gasteiger partial charge >= 0.3 is 0 Å². The van der Waals surface area contributed by atoms with E-state index in [2.05, 4.69) is 5.32 Å². The van der Waals surface area contributed by atoms with E-state index in [1.54, 1.807) is 24.3 Å². The highest BCUT2D eigenvalue weighted by molar-refractivity contribution is 6.06. The highest BCUT2D eigenvalue weighted by Gasteiger charge is 2.10. The SMILES string of the molecule is CCOc1cc(/C=C/C(=O)c2cccc(C)c2)ccc1OCC(=O)Nc1ccccc1C. The molecule has 32 heavy (non-hydrogen) atoms. The highest BCUT2D eigenvalue weighted by Crippen LogP contribution is 2.29. The fourth-order valence-corrected chi connectivity index (χ4v) is 3.13. The van der Waals surface area contributed by atoms with Crippen LogP contribution in [0.5, 0.6) is 11.5 Å². The van der Waals surface area contributed by atoms with Crippen molar-refractivity contribution in [3.63, 3.8) is 0 Å². The molecule has 0 bridgehead atoms. The monoisotopic (exact) mass is 429 g/mol. The first-order valence-corrected chi connectivity index (χ1v) is 10.5. The van der Waals surface area contributed by atoms with E-state index in [0.29, 0.717) is 23.7 Å². The molecule has 1 amide bonds. The van der Waals surface area contributed by atoms with Gasteiger partial charge in [-0.2, -0.15) is 0 Å². The number of rotatable bonds is 9. The molecule has 0 fully saturated rings. The molecule has 0 unspecified atom stereocenters. The average Bonchev–Trinajstić information content (AvgIpc) is 2.78. The Morgan fingerprint density at radius 2 is 1.72 bits per heavy atom. The van der Waals surface area contributed by atoms with Crippen molar-refractivity contribution in [2.24, 2.45) is 0 Å². The second kappa shape index (κ2) is 11.0. The standard InChI is InChI=1S/C27H27NO4/c1-4-31-26-17-21(12-14-24(29)22-10-7-8-19(2)16-22)13-15-25(26)32-18-27(30)28-23-11-6-5-9-20(23)3/h5-17H,4,18H2,1-3H3,(H,28,30)/b14-12+. The quantitative estimate of drug-likeness (QED) is 0.354. The minimum atomic E-state index is -0.255. The topological polar surface area (TPSA) is 64.6 Å². The maximum absolute atomic E-state index is 12.4. The Hall–Kier alpha value is -3.86. The molecule has 3 aromatic carbocycles. The van der Waals surface area contributed by atoms with Gasteiger partial charge in [0, 0.05) is 11.3 Å². The van der Waals surface area contributed by atoms with Crippen LogP contribution >= 0.6 is 0 Å². The van der Waals surface area contributed by atoms with Gasteiger partial charge in [0.05, 0.1) is 6.61 Å². The van der Waals surface area contributed by atoms with Gasteiger partial charge in [-0.05, 0) is 62.2 Å². The number of hydrogen-bond acceptors (Lipinski definition) is 4. The number of carbonyl (C=O) groups excluding carboxylic acids is 2. The Morgan fingerprint density at radius 3 is 2.47 bits per heavy atom. The van der Waals surface area contributed by atoms with Crippen molar-refractivity contribution in [1.29, 1.82) is 0 Å². The lowest BCUT2D eigenvalue weighted by molar-refractivity contribution is -0.118. The molecule has 0 spiro atoms. The minimum Gasteiger partial charge on any atom is -0.490 e. The zero-order chi connectivity index (χ0) is 22.9. The zero-order valence-electron chi connectivity index (χ0n) is 18.6. The van der Waals surface area contributed by atoms with Gasteiger partial charge in [0.2, 0.25) is 0 Å². The van der Waals surface area contributed by atoms with E-state index in [1.807, 2.05) is 69.3 Å². The maximum atomic E-state index is 12.4. The van der Waals surface area contributed by atoms with Crippen molar-refractivity contribution in [3.8, 4) is 11.5 Å². The number of anilines is 1. The predicted octanol–water partition coefficient (Wildman–Crippen LogP) is 5.62. The molecule has 0 heterocycles. The number of ether oxygens (including phenoxy) is 2. The summed E-state index contributed by atoms with van der Waals surface area (Å²) in [6, 6.07) is 20.4. The Balaban J connectivity index is 1.66. The predicted molar refractivity (Wildman–Crippen MR) is 127 cm³/mol. The van der Waals surface area contributed by atoms with Crippen LogP contribution in [0.15, 0.2) is 72.8 Å². The van der Waals surface area contributed by atoms with Crippen LogP contribution in [0.4, 0.5) is 5.69 Å². The number of benzene rings is 3. The van der Waals surface area contributed by atoms with E-state index < -0.39 is 0 Å². The van der Waals surface area contributed by atoms with Crippen molar-refractivity contribution < 1.29 is 19.1 Å². The van der Waals surface area contributed by atoms with Crippen LogP contribution in [0, 0.1) is 13.8 Å². The van der Waals surface area contributed by atoms with E-state index in [0.717, 1.165) is 22.4 Å². The van der Waals surface area contributed by atoms with Crippen molar-refractivity contribution in [2.45, 2.75) is 20.8 Å². The number of ketones is 1. The molecule has 0 aliphatic rings. The molecule has 164 valence electrons. The Labute approximate surface area is 188 Å². The molecule has 0 atom stereocenters. The van der Waals surface area contributed by atoms with Crippen LogP contribution in [0.25, 0.3) is 6.08 Å². The summed E-state index contributed by atoms with van der Waals surface area (Å²) >= 11 is 0. The second-order valence-electron chi connectivity index (χ2n) is 7.36. The molecular formula is C27H27NO4. The van der Waals surface area contributed by atoms with Crippen LogP contribution in [0.3, 0.4) is 0 Å². The van der Waals surface area contributed by atoms with E-state index in [9.17, 15) is 9.59 Å². The van der Waals surface area contributed by atoms with Crippen molar-refractivity contribution in [2.75, 3.05) is 18.5 Å². The number of allylic oxidation sites excluding steroid dienone is 1. The molecule has 3 rings (SSSR count). The van der Waals surface area contributed by atoms with Crippen LogP contribution in [-0.2, 0) is 4.79 Å². The van der Waals surface area contributed by atoms with Gasteiger partial charge in [-0.25, -0.2) is 0 Å². The normalized spacial score (nSPS) is 10.7. The van der Waals surface area contributed by atoms with Gasteiger partial charge in [0.15, 0.2) is 23.9 Å².